The van der Waals surface area contributed by atoms with E-state index in [2.05, 4.69) is 6.58 Å². The maximum absolute atomic E-state index is 12.8. The molecule has 2 aromatic carbocycles. The highest BCUT2D eigenvalue weighted by atomic mass is 35.5. The first-order chi connectivity index (χ1) is 12.6. The SMILES string of the molecule is C=CCOC(=O)C1=C(C)N(c2ccc(Cl)cc2)C=CC1c1ccccc1. The number of allylic oxidation sites excluding steroid dienone is 2. The predicted molar refractivity (Wildman–Crippen MR) is 106 cm³/mol. The lowest BCUT2D eigenvalue weighted by Gasteiger charge is -2.31. The summed E-state index contributed by atoms with van der Waals surface area (Å²) in [6, 6.07) is 17.4. The van der Waals surface area contributed by atoms with Gasteiger partial charge in [-0.25, -0.2) is 4.79 Å². The number of rotatable bonds is 5. The molecule has 0 amide bonds. The summed E-state index contributed by atoms with van der Waals surface area (Å²) in [5.41, 5.74) is 3.43. The van der Waals surface area contributed by atoms with Crippen molar-refractivity contribution in [3.63, 3.8) is 0 Å². The number of hydrogen-bond donors (Lipinski definition) is 0. The monoisotopic (exact) mass is 365 g/mol. The molecule has 3 rings (SSSR count). The van der Waals surface area contributed by atoms with Gasteiger partial charge >= 0.3 is 5.97 Å². The van der Waals surface area contributed by atoms with Crippen LogP contribution in [-0.4, -0.2) is 12.6 Å². The lowest BCUT2D eigenvalue weighted by atomic mass is 9.87. The van der Waals surface area contributed by atoms with Crippen molar-refractivity contribution in [2.75, 3.05) is 11.5 Å². The van der Waals surface area contributed by atoms with Gasteiger partial charge in [0.25, 0.3) is 0 Å². The van der Waals surface area contributed by atoms with E-state index in [9.17, 15) is 4.79 Å². The average Bonchev–Trinajstić information content (AvgIpc) is 2.67. The Labute approximate surface area is 158 Å². The first-order valence-corrected chi connectivity index (χ1v) is 8.76. The number of carbonyl (C=O) groups is 1. The average molecular weight is 366 g/mol. The Kier molecular flexibility index (Phi) is 5.59. The summed E-state index contributed by atoms with van der Waals surface area (Å²) in [4.78, 5) is 14.7. The molecule has 0 saturated carbocycles. The Balaban J connectivity index is 2.03. The van der Waals surface area contributed by atoms with Gasteiger partial charge in [-0.05, 0) is 36.8 Å². The van der Waals surface area contributed by atoms with Crippen LogP contribution in [0.1, 0.15) is 18.4 Å². The van der Waals surface area contributed by atoms with Crippen molar-refractivity contribution in [2.45, 2.75) is 12.8 Å². The van der Waals surface area contributed by atoms with Gasteiger partial charge < -0.3 is 9.64 Å². The fraction of sp³-hybridized carbons (Fsp3) is 0.136. The molecule has 3 nitrogen and oxygen atoms in total. The number of benzene rings is 2. The van der Waals surface area contributed by atoms with E-state index in [0.29, 0.717) is 10.6 Å². The molecular weight excluding hydrogens is 346 g/mol. The topological polar surface area (TPSA) is 29.5 Å². The number of halogens is 1. The van der Waals surface area contributed by atoms with Crippen LogP contribution in [-0.2, 0) is 9.53 Å². The van der Waals surface area contributed by atoms with Crippen LogP contribution in [0.3, 0.4) is 0 Å². The zero-order valence-corrected chi connectivity index (χ0v) is 15.3. The molecule has 4 heteroatoms. The second-order valence-electron chi connectivity index (χ2n) is 5.96. The second-order valence-corrected chi connectivity index (χ2v) is 6.40. The van der Waals surface area contributed by atoms with E-state index in [1.165, 1.54) is 0 Å². The largest absolute Gasteiger partial charge is 0.458 e. The number of nitrogens with zero attached hydrogens (tertiary/aromatic N) is 1. The van der Waals surface area contributed by atoms with E-state index in [0.717, 1.165) is 16.9 Å². The minimum atomic E-state index is -0.334. The lowest BCUT2D eigenvalue weighted by Crippen LogP contribution is -2.26. The maximum Gasteiger partial charge on any atom is 0.337 e. The van der Waals surface area contributed by atoms with Crippen LogP contribution < -0.4 is 4.90 Å². The van der Waals surface area contributed by atoms with Crippen LogP contribution in [0.2, 0.25) is 5.02 Å². The highest BCUT2D eigenvalue weighted by Crippen LogP contribution is 2.36. The Morgan fingerprint density at radius 2 is 1.88 bits per heavy atom. The highest BCUT2D eigenvalue weighted by Gasteiger charge is 2.29. The van der Waals surface area contributed by atoms with Gasteiger partial charge in [-0.2, -0.15) is 0 Å². The molecule has 0 radical (unpaired) electrons. The molecule has 1 heterocycles. The normalized spacial score (nSPS) is 16.5. The molecule has 1 atom stereocenters. The number of esters is 1. The van der Waals surface area contributed by atoms with Crippen LogP contribution in [0.4, 0.5) is 5.69 Å². The van der Waals surface area contributed by atoms with E-state index in [-0.39, 0.29) is 18.5 Å². The van der Waals surface area contributed by atoms with Crippen molar-refractivity contribution in [1.29, 1.82) is 0 Å². The molecule has 26 heavy (non-hydrogen) atoms. The molecule has 132 valence electrons. The van der Waals surface area contributed by atoms with E-state index >= 15 is 0 Å². The summed E-state index contributed by atoms with van der Waals surface area (Å²) in [5.74, 6) is -0.489. The Hall–Kier alpha value is -2.78. The number of anilines is 1. The van der Waals surface area contributed by atoms with Crippen molar-refractivity contribution in [2.24, 2.45) is 0 Å². The minimum Gasteiger partial charge on any atom is -0.458 e. The zero-order valence-electron chi connectivity index (χ0n) is 14.6. The van der Waals surface area contributed by atoms with Gasteiger partial charge in [-0.3, -0.25) is 0 Å². The fourth-order valence-corrected chi connectivity index (χ4v) is 3.17. The molecule has 0 aromatic heterocycles. The third-order valence-electron chi connectivity index (χ3n) is 4.31. The number of ether oxygens (including phenoxy) is 1. The third kappa shape index (κ3) is 3.73. The van der Waals surface area contributed by atoms with Gasteiger partial charge in [0.1, 0.15) is 6.61 Å². The van der Waals surface area contributed by atoms with Crippen molar-refractivity contribution in [3.8, 4) is 0 Å². The van der Waals surface area contributed by atoms with Gasteiger partial charge in [0.05, 0.1) is 5.57 Å². The summed E-state index contributed by atoms with van der Waals surface area (Å²) in [7, 11) is 0. The van der Waals surface area contributed by atoms with Gasteiger partial charge in [-0.1, -0.05) is 60.7 Å². The molecule has 1 aliphatic heterocycles. The number of carbonyl (C=O) groups excluding carboxylic acids is 1. The zero-order chi connectivity index (χ0) is 18.5. The lowest BCUT2D eigenvalue weighted by molar-refractivity contribution is -0.138. The summed E-state index contributed by atoms with van der Waals surface area (Å²) < 4.78 is 5.36. The quantitative estimate of drug-likeness (QED) is 0.520. The summed E-state index contributed by atoms with van der Waals surface area (Å²) in [6.07, 6.45) is 5.57. The van der Waals surface area contributed by atoms with E-state index in [1.807, 2.05) is 78.7 Å². The van der Waals surface area contributed by atoms with Crippen LogP contribution in [0.25, 0.3) is 0 Å². The second kappa shape index (κ2) is 8.07. The molecule has 0 fully saturated rings. The molecule has 1 aliphatic rings. The van der Waals surface area contributed by atoms with E-state index in [1.54, 1.807) is 6.08 Å². The predicted octanol–water partition coefficient (Wildman–Crippen LogP) is 5.46. The van der Waals surface area contributed by atoms with Crippen molar-refractivity contribution < 1.29 is 9.53 Å². The smallest absolute Gasteiger partial charge is 0.337 e. The highest BCUT2D eigenvalue weighted by molar-refractivity contribution is 6.30. The van der Waals surface area contributed by atoms with Gasteiger partial charge in [-0.15, -0.1) is 0 Å². The fourth-order valence-electron chi connectivity index (χ4n) is 3.04. The van der Waals surface area contributed by atoms with Crippen LogP contribution in [0, 0.1) is 0 Å². The summed E-state index contributed by atoms with van der Waals surface area (Å²) in [5, 5.41) is 0.671. The van der Waals surface area contributed by atoms with Crippen LogP contribution in [0.5, 0.6) is 0 Å². The third-order valence-corrected chi connectivity index (χ3v) is 4.56. The van der Waals surface area contributed by atoms with Crippen molar-refractivity contribution in [3.05, 3.63) is 101 Å². The molecule has 0 bridgehead atoms. The van der Waals surface area contributed by atoms with Gasteiger partial charge in [0, 0.05) is 28.5 Å². The standard InChI is InChI=1S/C22H20ClNO2/c1-3-15-26-22(25)21-16(2)24(19-11-9-18(23)10-12-19)14-13-20(21)17-7-5-4-6-8-17/h3-14,20H,1,15H2,2H3. The molecule has 1 unspecified atom stereocenters. The first-order valence-electron chi connectivity index (χ1n) is 8.38. The van der Waals surface area contributed by atoms with Crippen LogP contribution >= 0.6 is 11.6 Å². The molecular formula is C22H20ClNO2. The Bertz CT molecular complexity index is 853. The molecule has 0 spiro atoms. The molecule has 0 N–H and O–H groups in total. The van der Waals surface area contributed by atoms with Crippen molar-refractivity contribution >= 4 is 23.3 Å². The molecule has 0 saturated heterocycles. The molecule has 0 aliphatic carbocycles. The first kappa shape index (κ1) is 18.0. The molecule has 2 aromatic rings. The Morgan fingerprint density at radius 3 is 2.54 bits per heavy atom. The van der Waals surface area contributed by atoms with E-state index < -0.39 is 0 Å². The summed E-state index contributed by atoms with van der Waals surface area (Å²) in [6.45, 7) is 5.73. The number of hydrogen-bond acceptors (Lipinski definition) is 3. The summed E-state index contributed by atoms with van der Waals surface area (Å²) >= 11 is 5.99. The maximum atomic E-state index is 12.8. The minimum absolute atomic E-state index is 0.155. The van der Waals surface area contributed by atoms with Crippen molar-refractivity contribution in [1.82, 2.24) is 0 Å². The van der Waals surface area contributed by atoms with E-state index in [4.69, 9.17) is 16.3 Å². The van der Waals surface area contributed by atoms with Crippen LogP contribution in [0.15, 0.2) is 90.8 Å². The van der Waals surface area contributed by atoms with Gasteiger partial charge in [0.15, 0.2) is 0 Å². The Morgan fingerprint density at radius 1 is 1.19 bits per heavy atom. The van der Waals surface area contributed by atoms with Gasteiger partial charge in [0.2, 0.25) is 0 Å².